The van der Waals surface area contributed by atoms with Gasteiger partial charge < -0.3 is 5.11 Å². The molecule has 2 rings (SSSR count). The molecule has 0 radical (unpaired) electrons. The first-order valence-corrected chi connectivity index (χ1v) is 6.32. The van der Waals surface area contributed by atoms with Gasteiger partial charge in [0, 0.05) is 15.1 Å². The average Bonchev–Trinajstić information content (AvgIpc) is 2.64. The van der Waals surface area contributed by atoms with E-state index in [0.29, 0.717) is 5.69 Å². The number of hydrogen-bond donors (Lipinski definition) is 1. The molecule has 0 unspecified atom stereocenters. The third kappa shape index (κ3) is 2.21. The Labute approximate surface area is 110 Å². The van der Waals surface area contributed by atoms with Gasteiger partial charge in [0.2, 0.25) is 0 Å². The Balaban J connectivity index is 2.55. The first kappa shape index (κ1) is 11.8. The molecule has 3 nitrogen and oxygen atoms in total. The maximum Gasteiger partial charge on any atom is 0.0929 e. The lowest BCUT2D eigenvalue weighted by Crippen LogP contribution is -1.99. The number of halogens is 2. The molecule has 16 heavy (non-hydrogen) atoms. The first-order valence-electron chi connectivity index (χ1n) is 4.73. The zero-order chi connectivity index (χ0) is 11.7. The van der Waals surface area contributed by atoms with Crippen molar-refractivity contribution < 1.29 is 5.11 Å². The van der Waals surface area contributed by atoms with Crippen molar-refractivity contribution in [2.45, 2.75) is 13.5 Å². The quantitative estimate of drug-likeness (QED) is 0.907. The van der Waals surface area contributed by atoms with Gasteiger partial charge in [-0.15, -0.1) is 0 Å². The number of aliphatic hydroxyl groups is 1. The van der Waals surface area contributed by atoms with Crippen LogP contribution in [0.5, 0.6) is 0 Å². The van der Waals surface area contributed by atoms with Crippen LogP contribution in [0.1, 0.15) is 11.3 Å². The second-order valence-electron chi connectivity index (χ2n) is 3.49. The standard InChI is InChI=1S/C11H10Br2N2O/c1-7-4-9(12)11(10(13)5-7)15-3-2-8(6-16)14-15/h2-5,16H,6H2,1H3. The van der Waals surface area contributed by atoms with Gasteiger partial charge in [-0.3, -0.25) is 0 Å². The van der Waals surface area contributed by atoms with Crippen molar-refractivity contribution >= 4 is 31.9 Å². The molecule has 0 spiro atoms. The molecule has 0 amide bonds. The second-order valence-corrected chi connectivity index (χ2v) is 5.20. The van der Waals surface area contributed by atoms with Gasteiger partial charge in [0.05, 0.1) is 18.0 Å². The highest BCUT2D eigenvalue weighted by molar-refractivity contribution is 9.11. The van der Waals surface area contributed by atoms with E-state index in [1.807, 2.05) is 25.3 Å². The van der Waals surface area contributed by atoms with Crippen LogP contribution in [0, 0.1) is 6.92 Å². The minimum absolute atomic E-state index is 0.0475. The molecule has 1 aromatic carbocycles. The van der Waals surface area contributed by atoms with E-state index in [2.05, 4.69) is 37.0 Å². The van der Waals surface area contributed by atoms with Gasteiger partial charge in [0.1, 0.15) is 0 Å². The fraction of sp³-hybridized carbons (Fsp3) is 0.182. The third-order valence-corrected chi connectivity index (χ3v) is 3.41. The van der Waals surface area contributed by atoms with Crippen LogP contribution in [0.15, 0.2) is 33.3 Å². The minimum Gasteiger partial charge on any atom is -0.390 e. The summed E-state index contributed by atoms with van der Waals surface area (Å²) in [5.41, 5.74) is 2.75. The second kappa shape index (κ2) is 4.69. The highest BCUT2D eigenvalue weighted by Crippen LogP contribution is 2.30. The first-order chi connectivity index (χ1) is 7.61. The van der Waals surface area contributed by atoms with E-state index in [9.17, 15) is 0 Å². The highest BCUT2D eigenvalue weighted by atomic mass is 79.9. The molecule has 1 heterocycles. The van der Waals surface area contributed by atoms with Crippen LogP contribution in [-0.4, -0.2) is 14.9 Å². The Morgan fingerprint density at radius 3 is 2.44 bits per heavy atom. The molecule has 0 saturated carbocycles. The van der Waals surface area contributed by atoms with Gasteiger partial charge in [0.15, 0.2) is 0 Å². The Kier molecular flexibility index (Phi) is 3.47. The molecule has 0 fully saturated rings. The topological polar surface area (TPSA) is 38.0 Å². The van der Waals surface area contributed by atoms with Crippen LogP contribution < -0.4 is 0 Å². The fourth-order valence-corrected chi connectivity index (χ4v) is 3.26. The van der Waals surface area contributed by atoms with Crippen LogP contribution in [0.25, 0.3) is 5.69 Å². The lowest BCUT2D eigenvalue weighted by Gasteiger charge is -2.08. The van der Waals surface area contributed by atoms with Gasteiger partial charge in [0.25, 0.3) is 0 Å². The van der Waals surface area contributed by atoms with E-state index in [4.69, 9.17) is 5.11 Å². The average molecular weight is 346 g/mol. The highest BCUT2D eigenvalue weighted by Gasteiger charge is 2.09. The predicted octanol–water partition coefficient (Wildman–Crippen LogP) is 3.20. The van der Waals surface area contributed by atoms with Gasteiger partial charge in [-0.25, -0.2) is 4.68 Å². The van der Waals surface area contributed by atoms with Crippen molar-refractivity contribution in [1.29, 1.82) is 0 Å². The normalized spacial score (nSPS) is 10.8. The van der Waals surface area contributed by atoms with Crippen LogP contribution in [0.2, 0.25) is 0 Å². The Morgan fingerprint density at radius 1 is 1.31 bits per heavy atom. The summed E-state index contributed by atoms with van der Waals surface area (Å²) in [7, 11) is 0. The lowest BCUT2D eigenvalue weighted by molar-refractivity contribution is 0.276. The molecular formula is C11H10Br2N2O. The molecule has 0 bridgehead atoms. The summed E-state index contributed by atoms with van der Waals surface area (Å²) in [5.74, 6) is 0. The van der Waals surface area contributed by atoms with E-state index in [1.54, 1.807) is 10.7 Å². The maximum atomic E-state index is 8.98. The van der Waals surface area contributed by atoms with E-state index >= 15 is 0 Å². The molecular weight excluding hydrogens is 336 g/mol. The number of aliphatic hydroxyl groups excluding tert-OH is 1. The zero-order valence-electron chi connectivity index (χ0n) is 8.61. The maximum absolute atomic E-state index is 8.98. The molecule has 0 aliphatic rings. The van der Waals surface area contributed by atoms with Crippen LogP contribution in [0.3, 0.4) is 0 Å². The summed E-state index contributed by atoms with van der Waals surface area (Å²) < 4.78 is 3.66. The molecule has 0 atom stereocenters. The van der Waals surface area contributed by atoms with Crippen molar-refractivity contribution in [1.82, 2.24) is 9.78 Å². The molecule has 1 aromatic heterocycles. The zero-order valence-corrected chi connectivity index (χ0v) is 11.8. The summed E-state index contributed by atoms with van der Waals surface area (Å²) in [6.07, 6.45) is 1.83. The number of rotatable bonds is 2. The molecule has 0 saturated heterocycles. The summed E-state index contributed by atoms with van der Waals surface area (Å²) in [6.45, 7) is 1.98. The molecule has 84 valence electrons. The van der Waals surface area contributed by atoms with Gasteiger partial charge in [-0.2, -0.15) is 5.10 Å². The number of benzene rings is 1. The van der Waals surface area contributed by atoms with Crippen molar-refractivity contribution in [3.05, 3.63) is 44.6 Å². The van der Waals surface area contributed by atoms with Gasteiger partial charge >= 0.3 is 0 Å². The fourth-order valence-electron chi connectivity index (χ4n) is 1.48. The number of aromatic nitrogens is 2. The molecule has 0 aliphatic carbocycles. The number of hydrogen-bond acceptors (Lipinski definition) is 2. The third-order valence-electron chi connectivity index (χ3n) is 2.20. The Hall–Kier alpha value is -0.650. The number of aryl methyl sites for hydroxylation is 1. The van der Waals surface area contributed by atoms with Crippen molar-refractivity contribution in [3.8, 4) is 5.69 Å². The van der Waals surface area contributed by atoms with Crippen LogP contribution >= 0.6 is 31.9 Å². The van der Waals surface area contributed by atoms with E-state index in [1.165, 1.54) is 0 Å². The largest absolute Gasteiger partial charge is 0.390 e. The van der Waals surface area contributed by atoms with E-state index in [0.717, 1.165) is 20.2 Å². The molecule has 1 N–H and O–H groups in total. The van der Waals surface area contributed by atoms with Crippen molar-refractivity contribution in [2.24, 2.45) is 0 Å². The van der Waals surface area contributed by atoms with Gasteiger partial charge in [-0.1, -0.05) is 0 Å². The summed E-state index contributed by atoms with van der Waals surface area (Å²) in [4.78, 5) is 0. The Bertz CT molecular complexity index is 499. The monoisotopic (exact) mass is 344 g/mol. The minimum atomic E-state index is -0.0475. The summed E-state index contributed by atoms with van der Waals surface area (Å²) >= 11 is 7.02. The predicted molar refractivity (Wildman–Crippen MR) is 69.6 cm³/mol. The Morgan fingerprint density at radius 2 is 1.94 bits per heavy atom. The molecule has 0 aliphatic heterocycles. The summed E-state index contributed by atoms with van der Waals surface area (Å²) in [6, 6.07) is 5.85. The van der Waals surface area contributed by atoms with Crippen molar-refractivity contribution in [2.75, 3.05) is 0 Å². The van der Waals surface area contributed by atoms with Gasteiger partial charge in [-0.05, 0) is 62.5 Å². The van der Waals surface area contributed by atoms with E-state index in [-0.39, 0.29) is 6.61 Å². The molecule has 2 aromatic rings. The van der Waals surface area contributed by atoms with E-state index < -0.39 is 0 Å². The number of nitrogens with zero attached hydrogens (tertiary/aromatic N) is 2. The van der Waals surface area contributed by atoms with Crippen LogP contribution in [-0.2, 0) is 6.61 Å². The lowest BCUT2D eigenvalue weighted by atomic mass is 10.2. The van der Waals surface area contributed by atoms with Crippen molar-refractivity contribution in [3.63, 3.8) is 0 Å². The smallest absolute Gasteiger partial charge is 0.0929 e. The summed E-state index contributed by atoms with van der Waals surface area (Å²) in [5, 5.41) is 13.2. The molecule has 5 heteroatoms. The van der Waals surface area contributed by atoms with Crippen LogP contribution in [0.4, 0.5) is 0 Å². The SMILES string of the molecule is Cc1cc(Br)c(-n2ccc(CO)n2)c(Br)c1.